The quantitative estimate of drug-likeness (QED) is 0.343. The zero-order chi connectivity index (χ0) is 28.2. The number of nitrogen functional groups attached to an aromatic ring is 1. The molecule has 208 valence electrons. The molecule has 0 aliphatic heterocycles. The summed E-state index contributed by atoms with van der Waals surface area (Å²) in [5, 5.41) is 6.10. The number of nitrogens with one attached hydrogen (secondary N) is 1. The van der Waals surface area contributed by atoms with Crippen molar-refractivity contribution in [2.45, 2.75) is 48.7 Å². The van der Waals surface area contributed by atoms with Gasteiger partial charge in [0.1, 0.15) is 12.3 Å². The van der Waals surface area contributed by atoms with E-state index < -0.39 is 40.0 Å². The zero-order valence-electron chi connectivity index (χ0n) is 21.5. The predicted molar refractivity (Wildman–Crippen MR) is 143 cm³/mol. The molecule has 0 radical (unpaired) electrons. The van der Waals surface area contributed by atoms with Crippen LogP contribution >= 0.6 is 0 Å². The number of hydrogen-bond acceptors (Lipinski definition) is 8. The van der Waals surface area contributed by atoms with Gasteiger partial charge in [-0.25, -0.2) is 27.2 Å². The van der Waals surface area contributed by atoms with Crippen LogP contribution in [0.4, 0.5) is 19.0 Å². The van der Waals surface area contributed by atoms with Crippen molar-refractivity contribution in [1.82, 2.24) is 20.4 Å². The molecular formula is C27H30F3N5O3S. The molecule has 1 aliphatic rings. The molecule has 0 bridgehead atoms. The largest absolute Gasteiger partial charge is 0.382 e. The second-order valence-electron chi connectivity index (χ2n) is 9.45. The monoisotopic (exact) mass is 561 g/mol. The van der Waals surface area contributed by atoms with Crippen LogP contribution < -0.4 is 11.1 Å². The molecule has 4 atom stereocenters. The third kappa shape index (κ3) is 6.56. The van der Waals surface area contributed by atoms with Crippen molar-refractivity contribution < 1.29 is 26.1 Å². The van der Waals surface area contributed by atoms with Gasteiger partial charge in [0.2, 0.25) is 0 Å². The van der Waals surface area contributed by atoms with E-state index >= 15 is 0 Å². The Bertz CT molecular complexity index is 1460. The van der Waals surface area contributed by atoms with E-state index in [1.165, 1.54) is 38.3 Å². The number of anilines is 1. The molecule has 3 aromatic rings. The summed E-state index contributed by atoms with van der Waals surface area (Å²) in [5.74, 6) is -0.407. The minimum absolute atomic E-state index is 0.0760. The van der Waals surface area contributed by atoms with Crippen molar-refractivity contribution in [2.75, 3.05) is 25.5 Å². The SMILES string of the molecule is CC(F)CNCC1=CC(F)C(c2cc(-c3nc(-c4ccc(S(=O)(=O)C(C)CCF)cc4)cnc3N)on2)C=C1. The Labute approximate surface area is 225 Å². The average Bonchev–Trinajstić information content (AvgIpc) is 3.39. The van der Waals surface area contributed by atoms with Crippen LogP contribution in [0.5, 0.6) is 0 Å². The fourth-order valence-corrected chi connectivity index (χ4v) is 5.50. The normalized spacial score (nSPS) is 19.1. The maximum atomic E-state index is 14.9. The molecular weight excluding hydrogens is 531 g/mol. The van der Waals surface area contributed by atoms with E-state index in [9.17, 15) is 21.6 Å². The molecule has 0 saturated heterocycles. The van der Waals surface area contributed by atoms with Crippen LogP contribution in [0.3, 0.4) is 0 Å². The molecule has 4 unspecified atom stereocenters. The summed E-state index contributed by atoms with van der Waals surface area (Å²) < 4.78 is 71.2. The second-order valence-corrected chi connectivity index (χ2v) is 11.8. The lowest BCUT2D eigenvalue weighted by molar-refractivity contribution is 0.343. The van der Waals surface area contributed by atoms with Gasteiger partial charge in [0.05, 0.1) is 40.3 Å². The summed E-state index contributed by atoms with van der Waals surface area (Å²) in [4.78, 5) is 8.79. The summed E-state index contributed by atoms with van der Waals surface area (Å²) in [6.45, 7) is 2.74. The molecule has 2 aromatic heterocycles. The summed E-state index contributed by atoms with van der Waals surface area (Å²) in [5.41, 5.74) is 8.28. The number of allylic oxidation sites excluding steroid dienone is 2. The van der Waals surface area contributed by atoms with Crippen molar-refractivity contribution in [3.63, 3.8) is 0 Å². The number of nitrogens with zero attached hydrogens (tertiary/aromatic N) is 3. The van der Waals surface area contributed by atoms with Gasteiger partial charge < -0.3 is 15.6 Å². The molecule has 39 heavy (non-hydrogen) atoms. The van der Waals surface area contributed by atoms with Crippen molar-refractivity contribution >= 4 is 15.7 Å². The molecule has 1 aliphatic carbocycles. The summed E-state index contributed by atoms with van der Waals surface area (Å²) >= 11 is 0. The minimum atomic E-state index is -3.66. The van der Waals surface area contributed by atoms with Crippen molar-refractivity contribution in [2.24, 2.45) is 0 Å². The van der Waals surface area contributed by atoms with E-state index in [-0.39, 0.29) is 35.1 Å². The highest BCUT2D eigenvalue weighted by Gasteiger charge is 2.27. The lowest BCUT2D eigenvalue weighted by Crippen LogP contribution is -2.25. The zero-order valence-corrected chi connectivity index (χ0v) is 22.3. The highest BCUT2D eigenvalue weighted by Crippen LogP contribution is 2.33. The fourth-order valence-electron chi connectivity index (χ4n) is 4.13. The molecule has 8 nitrogen and oxygen atoms in total. The van der Waals surface area contributed by atoms with Gasteiger partial charge in [-0.05, 0) is 44.1 Å². The molecule has 0 spiro atoms. The van der Waals surface area contributed by atoms with Crippen LogP contribution in [0, 0.1) is 0 Å². The molecule has 12 heteroatoms. The number of alkyl halides is 3. The molecule has 3 N–H and O–H groups in total. The number of sulfone groups is 1. The topological polar surface area (TPSA) is 124 Å². The van der Waals surface area contributed by atoms with Gasteiger partial charge >= 0.3 is 0 Å². The number of hydrogen-bond donors (Lipinski definition) is 2. The number of nitrogens with two attached hydrogens (primary N) is 1. The lowest BCUT2D eigenvalue weighted by Gasteiger charge is -2.18. The highest BCUT2D eigenvalue weighted by molar-refractivity contribution is 7.92. The van der Waals surface area contributed by atoms with Gasteiger partial charge in [0.15, 0.2) is 27.1 Å². The molecule has 0 fully saturated rings. The van der Waals surface area contributed by atoms with Crippen molar-refractivity contribution in [1.29, 1.82) is 0 Å². The molecule has 4 rings (SSSR count). The Morgan fingerprint density at radius 1 is 1.21 bits per heavy atom. The second kappa shape index (κ2) is 12.1. The Balaban J connectivity index is 1.52. The van der Waals surface area contributed by atoms with E-state index in [4.69, 9.17) is 10.3 Å². The predicted octanol–water partition coefficient (Wildman–Crippen LogP) is 4.77. The van der Waals surface area contributed by atoms with E-state index in [1.54, 1.807) is 30.4 Å². The standard InChI is InChI=1S/C27H30F3N5O3S/c1-16(29)13-32-14-18-3-8-21(22(30)11-18)23-12-25(38-35-23)26-27(31)33-15-24(34-26)19-4-6-20(7-5-19)39(36,37)17(2)9-10-28/h3-8,11-12,15-17,21-22,32H,9-10,13-14H2,1-2H3,(H2,31,33). The van der Waals surface area contributed by atoms with Crippen LogP contribution in [0.15, 0.2) is 69.7 Å². The van der Waals surface area contributed by atoms with Crippen LogP contribution in [0.25, 0.3) is 22.7 Å². The first kappa shape index (κ1) is 28.5. The Morgan fingerprint density at radius 2 is 1.95 bits per heavy atom. The van der Waals surface area contributed by atoms with Crippen molar-refractivity contribution in [3.8, 4) is 22.7 Å². The third-order valence-corrected chi connectivity index (χ3v) is 8.64. The first-order valence-corrected chi connectivity index (χ1v) is 14.0. The van der Waals surface area contributed by atoms with E-state index in [0.29, 0.717) is 29.1 Å². The summed E-state index contributed by atoms with van der Waals surface area (Å²) in [7, 11) is -3.66. The summed E-state index contributed by atoms with van der Waals surface area (Å²) in [6.07, 6.45) is 3.92. The maximum Gasteiger partial charge on any atom is 0.189 e. The first-order chi connectivity index (χ1) is 18.6. The van der Waals surface area contributed by atoms with Crippen LogP contribution in [-0.2, 0) is 9.84 Å². The number of halogens is 3. The Kier molecular flexibility index (Phi) is 8.86. The fraction of sp³-hybridized carbons (Fsp3) is 0.370. The summed E-state index contributed by atoms with van der Waals surface area (Å²) in [6, 6.07) is 7.60. The van der Waals surface area contributed by atoms with Gasteiger partial charge in [-0.2, -0.15) is 0 Å². The lowest BCUT2D eigenvalue weighted by atomic mass is 9.92. The molecule has 0 amide bonds. The Morgan fingerprint density at radius 3 is 2.62 bits per heavy atom. The number of rotatable bonds is 11. The average molecular weight is 562 g/mol. The van der Waals surface area contributed by atoms with Crippen molar-refractivity contribution in [3.05, 3.63) is 66.0 Å². The highest BCUT2D eigenvalue weighted by atomic mass is 32.2. The van der Waals surface area contributed by atoms with Crippen LogP contribution in [0.1, 0.15) is 31.9 Å². The van der Waals surface area contributed by atoms with Gasteiger partial charge in [0.25, 0.3) is 0 Å². The van der Waals surface area contributed by atoms with Gasteiger partial charge in [-0.3, -0.25) is 4.39 Å². The van der Waals surface area contributed by atoms with Gasteiger partial charge in [0, 0.05) is 24.7 Å². The molecule has 0 saturated carbocycles. The van der Waals surface area contributed by atoms with E-state index in [0.717, 1.165) is 0 Å². The maximum absolute atomic E-state index is 14.9. The molecule has 1 aromatic carbocycles. The van der Waals surface area contributed by atoms with E-state index in [1.807, 2.05) is 0 Å². The minimum Gasteiger partial charge on any atom is -0.382 e. The van der Waals surface area contributed by atoms with Gasteiger partial charge in [-0.15, -0.1) is 0 Å². The third-order valence-electron chi connectivity index (χ3n) is 6.42. The first-order valence-electron chi connectivity index (χ1n) is 12.5. The van der Waals surface area contributed by atoms with E-state index in [2.05, 4.69) is 20.4 Å². The van der Waals surface area contributed by atoms with Gasteiger partial charge in [-0.1, -0.05) is 29.4 Å². The van der Waals surface area contributed by atoms with Crippen LogP contribution in [-0.4, -0.2) is 60.9 Å². The molecule has 2 heterocycles. The smallest absolute Gasteiger partial charge is 0.189 e. The number of aromatic nitrogens is 3. The van der Waals surface area contributed by atoms with Crippen LogP contribution in [0.2, 0.25) is 0 Å². The number of benzene rings is 1. The Hall–Kier alpha value is -3.51.